The first-order valence-electron chi connectivity index (χ1n) is 5.45. The molecule has 0 spiro atoms. The van der Waals surface area contributed by atoms with Crippen molar-refractivity contribution in [3.8, 4) is 0 Å². The van der Waals surface area contributed by atoms with Crippen molar-refractivity contribution in [3.63, 3.8) is 0 Å². The average Bonchev–Trinajstić information content (AvgIpc) is 2.45. The second kappa shape index (κ2) is 6.31. The lowest BCUT2D eigenvalue weighted by atomic mass is 10.2. The van der Waals surface area contributed by atoms with Crippen LogP contribution in [0.25, 0.3) is 0 Å². The first-order chi connectivity index (χ1) is 9.58. The molecule has 1 heterocycles. The molecule has 0 aliphatic carbocycles. The highest BCUT2D eigenvalue weighted by Gasteiger charge is 2.07. The molecule has 1 aromatic carbocycles. The van der Waals surface area contributed by atoms with E-state index in [1.54, 1.807) is 24.3 Å². The standard InChI is InChI=1S/C12H9Cl2N5O/c13-9-10(14)18-11(15)8(17-9)6-16-19-12(20)7-4-2-1-3-5-7/h1-6H,(H2,15,18)(H,19,20). The minimum Gasteiger partial charge on any atom is -0.382 e. The monoisotopic (exact) mass is 309 g/mol. The summed E-state index contributed by atoms with van der Waals surface area (Å²) in [6.07, 6.45) is 1.24. The highest BCUT2D eigenvalue weighted by Crippen LogP contribution is 2.18. The first kappa shape index (κ1) is 14.2. The summed E-state index contributed by atoms with van der Waals surface area (Å²) >= 11 is 11.4. The molecule has 6 nitrogen and oxygen atoms in total. The van der Waals surface area contributed by atoms with Crippen LogP contribution in [-0.2, 0) is 0 Å². The molecule has 0 saturated heterocycles. The fraction of sp³-hybridized carbons (Fsp3) is 0. The molecule has 0 fully saturated rings. The van der Waals surface area contributed by atoms with Crippen LogP contribution < -0.4 is 11.2 Å². The topological polar surface area (TPSA) is 93.3 Å². The van der Waals surface area contributed by atoms with Gasteiger partial charge in [-0.3, -0.25) is 4.79 Å². The maximum Gasteiger partial charge on any atom is 0.271 e. The smallest absolute Gasteiger partial charge is 0.271 e. The number of rotatable bonds is 3. The van der Waals surface area contributed by atoms with Crippen molar-refractivity contribution in [1.29, 1.82) is 0 Å². The number of carbonyl (C=O) groups is 1. The summed E-state index contributed by atoms with van der Waals surface area (Å²) in [5, 5.41) is 3.76. The summed E-state index contributed by atoms with van der Waals surface area (Å²) in [5.74, 6) is -0.287. The fourth-order valence-corrected chi connectivity index (χ4v) is 1.59. The lowest BCUT2D eigenvalue weighted by molar-refractivity contribution is 0.0955. The Labute approximate surface area is 124 Å². The van der Waals surface area contributed by atoms with E-state index < -0.39 is 0 Å². The summed E-state index contributed by atoms with van der Waals surface area (Å²) < 4.78 is 0. The van der Waals surface area contributed by atoms with E-state index in [0.29, 0.717) is 5.56 Å². The Morgan fingerprint density at radius 1 is 1.20 bits per heavy atom. The Hall–Kier alpha value is -2.18. The van der Waals surface area contributed by atoms with Gasteiger partial charge in [-0.1, -0.05) is 41.4 Å². The van der Waals surface area contributed by atoms with E-state index >= 15 is 0 Å². The maximum atomic E-state index is 11.7. The van der Waals surface area contributed by atoms with Gasteiger partial charge in [-0.05, 0) is 12.1 Å². The molecule has 1 aromatic heterocycles. The van der Waals surface area contributed by atoms with E-state index in [1.165, 1.54) is 6.21 Å². The summed E-state index contributed by atoms with van der Waals surface area (Å²) in [6.45, 7) is 0. The number of hydrazone groups is 1. The van der Waals surface area contributed by atoms with Gasteiger partial charge in [-0.25, -0.2) is 15.4 Å². The van der Waals surface area contributed by atoms with Crippen LogP contribution in [0.4, 0.5) is 5.82 Å². The van der Waals surface area contributed by atoms with Crippen molar-refractivity contribution in [2.75, 3.05) is 5.73 Å². The molecular formula is C12H9Cl2N5O. The van der Waals surface area contributed by atoms with Crippen LogP contribution in [0.15, 0.2) is 35.4 Å². The van der Waals surface area contributed by atoms with Gasteiger partial charge in [-0.2, -0.15) is 5.10 Å². The Kier molecular flexibility index (Phi) is 4.49. The van der Waals surface area contributed by atoms with Crippen LogP contribution in [0.5, 0.6) is 0 Å². The molecular weight excluding hydrogens is 301 g/mol. The van der Waals surface area contributed by atoms with Crippen molar-refractivity contribution in [3.05, 3.63) is 51.9 Å². The Morgan fingerprint density at radius 2 is 1.85 bits per heavy atom. The summed E-state index contributed by atoms with van der Waals surface area (Å²) in [6, 6.07) is 8.64. The zero-order valence-electron chi connectivity index (χ0n) is 10.0. The number of nitrogen functional groups attached to an aromatic ring is 1. The quantitative estimate of drug-likeness (QED) is 0.671. The first-order valence-corrected chi connectivity index (χ1v) is 6.20. The molecule has 0 unspecified atom stereocenters. The maximum absolute atomic E-state index is 11.7. The predicted octanol–water partition coefficient (Wildman–Crippen LogP) is 2.13. The van der Waals surface area contributed by atoms with E-state index in [2.05, 4.69) is 20.5 Å². The third kappa shape index (κ3) is 3.43. The minimum atomic E-state index is -0.353. The molecule has 0 aliphatic heterocycles. The van der Waals surface area contributed by atoms with Crippen molar-refractivity contribution in [2.45, 2.75) is 0 Å². The fourth-order valence-electron chi connectivity index (χ4n) is 1.32. The molecule has 0 saturated carbocycles. The highest BCUT2D eigenvalue weighted by atomic mass is 35.5. The number of amides is 1. The van der Waals surface area contributed by atoms with E-state index in [4.69, 9.17) is 28.9 Å². The van der Waals surface area contributed by atoms with Gasteiger partial charge in [0.25, 0.3) is 5.91 Å². The second-order valence-corrected chi connectivity index (χ2v) is 4.36. The number of halogens is 2. The number of hydrogen-bond donors (Lipinski definition) is 2. The molecule has 20 heavy (non-hydrogen) atoms. The number of carbonyl (C=O) groups excluding carboxylic acids is 1. The van der Waals surface area contributed by atoms with Crippen LogP contribution in [0, 0.1) is 0 Å². The summed E-state index contributed by atoms with van der Waals surface area (Å²) in [4.78, 5) is 19.4. The van der Waals surface area contributed by atoms with Crippen LogP contribution in [0.2, 0.25) is 10.3 Å². The molecule has 0 radical (unpaired) electrons. The largest absolute Gasteiger partial charge is 0.382 e. The molecule has 2 rings (SSSR count). The van der Waals surface area contributed by atoms with Crippen molar-refractivity contribution in [2.24, 2.45) is 5.10 Å². The van der Waals surface area contributed by atoms with Crippen LogP contribution >= 0.6 is 23.2 Å². The Balaban J connectivity index is 2.08. The average molecular weight is 310 g/mol. The number of nitrogens with zero attached hydrogens (tertiary/aromatic N) is 3. The SMILES string of the molecule is Nc1nc(Cl)c(Cl)nc1C=NNC(=O)c1ccccc1. The third-order valence-electron chi connectivity index (χ3n) is 2.26. The zero-order chi connectivity index (χ0) is 14.5. The minimum absolute atomic E-state index is 0.00892. The normalized spacial score (nSPS) is 10.7. The molecule has 3 N–H and O–H groups in total. The van der Waals surface area contributed by atoms with Gasteiger partial charge in [0, 0.05) is 5.56 Å². The van der Waals surface area contributed by atoms with Gasteiger partial charge < -0.3 is 5.73 Å². The molecule has 0 atom stereocenters. The van der Waals surface area contributed by atoms with Crippen molar-refractivity contribution < 1.29 is 4.79 Å². The van der Waals surface area contributed by atoms with Gasteiger partial charge in [0.2, 0.25) is 0 Å². The number of nitrogens with two attached hydrogens (primary N) is 1. The highest BCUT2D eigenvalue weighted by molar-refractivity contribution is 6.40. The van der Waals surface area contributed by atoms with Crippen molar-refractivity contribution >= 4 is 41.1 Å². The molecule has 8 heteroatoms. The Morgan fingerprint density at radius 3 is 2.55 bits per heavy atom. The van der Waals surface area contributed by atoms with Crippen LogP contribution in [0.1, 0.15) is 16.1 Å². The van der Waals surface area contributed by atoms with Gasteiger partial charge in [0.05, 0.1) is 6.21 Å². The van der Waals surface area contributed by atoms with E-state index in [1.807, 2.05) is 6.07 Å². The van der Waals surface area contributed by atoms with Gasteiger partial charge in [0.1, 0.15) is 5.69 Å². The number of nitrogens with one attached hydrogen (secondary N) is 1. The van der Waals surface area contributed by atoms with Gasteiger partial charge in [-0.15, -0.1) is 0 Å². The third-order valence-corrected chi connectivity index (χ3v) is 2.88. The van der Waals surface area contributed by atoms with E-state index in [9.17, 15) is 4.79 Å². The lowest BCUT2D eigenvalue weighted by Gasteiger charge is -2.01. The predicted molar refractivity (Wildman–Crippen MR) is 78.0 cm³/mol. The molecule has 1 amide bonds. The van der Waals surface area contributed by atoms with Crippen LogP contribution in [-0.4, -0.2) is 22.1 Å². The van der Waals surface area contributed by atoms with E-state index in [0.717, 1.165) is 0 Å². The van der Waals surface area contributed by atoms with E-state index in [-0.39, 0.29) is 27.7 Å². The number of anilines is 1. The molecule has 0 aliphatic rings. The van der Waals surface area contributed by atoms with Crippen molar-refractivity contribution in [1.82, 2.24) is 15.4 Å². The molecule has 0 bridgehead atoms. The summed E-state index contributed by atoms with van der Waals surface area (Å²) in [7, 11) is 0. The van der Waals surface area contributed by atoms with Crippen LogP contribution in [0.3, 0.4) is 0 Å². The number of hydrogen-bond acceptors (Lipinski definition) is 5. The zero-order valence-corrected chi connectivity index (χ0v) is 11.6. The second-order valence-electron chi connectivity index (χ2n) is 3.64. The number of aromatic nitrogens is 2. The Bertz CT molecular complexity index is 660. The number of benzene rings is 1. The lowest BCUT2D eigenvalue weighted by Crippen LogP contribution is -2.17. The van der Waals surface area contributed by atoms with Gasteiger partial charge in [0.15, 0.2) is 16.1 Å². The van der Waals surface area contributed by atoms with Gasteiger partial charge >= 0.3 is 0 Å². The molecule has 102 valence electrons. The molecule has 2 aromatic rings. The summed E-state index contributed by atoms with van der Waals surface area (Å²) in [5.41, 5.74) is 8.64.